The van der Waals surface area contributed by atoms with Crippen LogP contribution >= 0.6 is 0 Å². The average molecular weight is 249 g/mol. The molecule has 0 bridgehead atoms. The van der Waals surface area contributed by atoms with Crippen LogP contribution in [0.4, 0.5) is 0 Å². The van der Waals surface area contributed by atoms with Crippen molar-refractivity contribution >= 4 is 0 Å². The van der Waals surface area contributed by atoms with E-state index in [1.165, 1.54) is 25.7 Å². The van der Waals surface area contributed by atoms with Crippen LogP contribution in [0.1, 0.15) is 76.4 Å². The maximum Gasteiger partial charge on any atom is 0.230 e. The van der Waals surface area contributed by atoms with Crippen molar-refractivity contribution in [3.63, 3.8) is 0 Å². The molecule has 2 aliphatic rings. The van der Waals surface area contributed by atoms with Crippen molar-refractivity contribution in [2.75, 3.05) is 0 Å². The molecule has 2 N–H and O–H groups in total. The van der Waals surface area contributed by atoms with Crippen molar-refractivity contribution in [3.8, 4) is 0 Å². The topological polar surface area (TPSA) is 64.9 Å². The maximum atomic E-state index is 6.37. The summed E-state index contributed by atoms with van der Waals surface area (Å²) in [6.07, 6.45) is 7.98. The Kier molecular flexibility index (Phi) is 2.73. The predicted molar refractivity (Wildman–Crippen MR) is 69.0 cm³/mol. The van der Waals surface area contributed by atoms with E-state index in [4.69, 9.17) is 10.3 Å². The summed E-state index contributed by atoms with van der Waals surface area (Å²) in [7, 11) is 0. The second-order valence-electron chi connectivity index (χ2n) is 6.75. The Morgan fingerprint density at radius 2 is 1.89 bits per heavy atom. The molecule has 2 fully saturated rings. The fourth-order valence-electron chi connectivity index (χ4n) is 3.59. The molecule has 2 aliphatic carbocycles. The lowest BCUT2D eigenvalue weighted by Gasteiger charge is -2.23. The van der Waals surface area contributed by atoms with Gasteiger partial charge in [0.25, 0.3) is 0 Å². The molecule has 2 saturated carbocycles. The minimum Gasteiger partial charge on any atom is -0.339 e. The van der Waals surface area contributed by atoms with E-state index in [2.05, 4.69) is 24.0 Å². The number of rotatable bonds is 2. The highest BCUT2D eigenvalue weighted by molar-refractivity contribution is 5.10. The van der Waals surface area contributed by atoms with Crippen LogP contribution in [0.3, 0.4) is 0 Å². The lowest BCUT2D eigenvalue weighted by atomic mass is 9.82. The van der Waals surface area contributed by atoms with Crippen molar-refractivity contribution in [2.45, 2.75) is 70.3 Å². The number of hydrogen-bond donors (Lipinski definition) is 1. The van der Waals surface area contributed by atoms with E-state index in [0.717, 1.165) is 31.0 Å². The molecule has 1 aromatic heterocycles. The molecule has 0 spiro atoms. The summed E-state index contributed by atoms with van der Waals surface area (Å²) in [5.74, 6) is 1.95. The van der Waals surface area contributed by atoms with E-state index in [9.17, 15) is 0 Å². The Bertz CT molecular complexity index is 432. The summed E-state index contributed by atoms with van der Waals surface area (Å²) >= 11 is 0. The van der Waals surface area contributed by atoms with E-state index in [1.54, 1.807) is 0 Å². The van der Waals surface area contributed by atoms with Crippen molar-refractivity contribution in [1.82, 2.24) is 10.1 Å². The first-order chi connectivity index (χ1) is 8.51. The van der Waals surface area contributed by atoms with E-state index >= 15 is 0 Å². The van der Waals surface area contributed by atoms with Gasteiger partial charge in [0.15, 0.2) is 5.82 Å². The molecular weight excluding hydrogens is 226 g/mol. The average Bonchev–Trinajstić information content (AvgIpc) is 2.97. The van der Waals surface area contributed by atoms with Gasteiger partial charge in [-0.2, -0.15) is 4.98 Å². The summed E-state index contributed by atoms with van der Waals surface area (Å²) < 4.78 is 5.52. The lowest BCUT2D eigenvalue weighted by Crippen LogP contribution is -2.34. The Balaban J connectivity index is 1.85. The van der Waals surface area contributed by atoms with Crippen molar-refractivity contribution in [1.29, 1.82) is 0 Å². The molecule has 4 heteroatoms. The van der Waals surface area contributed by atoms with Gasteiger partial charge in [-0.1, -0.05) is 38.3 Å². The molecular formula is C14H23N3O. The van der Waals surface area contributed by atoms with E-state index in [1.807, 2.05) is 0 Å². The first kappa shape index (κ1) is 12.2. The third-order valence-electron chi connectivity index (χ3n) is 4.94. The normalized spacial score (nSPS) is 29.8. The largest absolute Gasteiger partial charge is 0.339 e. The molecule has 1 atom stereocenters. The molecule has 0 radical (unpaired) electrons. The predicted octanol–water partition coefficient (Wildman–Crippen LogP) is 3.09. The van der Waals surface area contributed by atoms with Gasteiger partial charge in [-0.15, -0.1) is 0 Å². The third kappa shape index (κ3) is 1.87. The third-order valence-corrected chi connectivity index (χ3v) is 4.94. The lowest BCUT2D eigenvalue weighted by molar-refractivity contribution is 0.259. The van der Waals surface area contributed by atoms with E-state index < -0.39 is 0 Å². The first-order valence-corrected chi connectivity index (χ1v) is 7.14. The highest BCUT2D eigenvalue weighted by atomic mass is 16.5. The number of nitrogens with two attached hydrogens (primary N) is 1. The minimum absolute atomic E-state index is 0.279. The van der Waals surface area contributed by atoms with Crippen LogP contribution < -0.4 is 5.73 Å². The second kappa shape index (κ2) is 4.05. The fraction of sp³-hybridized carbons (Fsp3) is 0.857. The molecule has 4 nitrogen and oxygen atoms in total. The second-order valence-corrected chi connectivity index (χ2v) is 6.75. The molecule has 0 aromatic carbocycles. The molecule has 1 unspecified atom stereocenters. The molecule has 100 valence electrons. The smallest absolute Gasteiger partial charge is 0.230 e. The number of aromatic nitrogens is 2. The SMILES string of the molecule is CC1(C)CCCC1c1nc(C2(N)CCCC2)no1. The monoisotopic (exact) mass is 249 g/mol. The van der Waals surface area contributed by atoms with Gasteiger partial charge in [0.05, 0.1) is 5.54 Å². The number of hydrogen-bond acceptors (Lipinski definition) is 4. The number of nitrogens with zero attached hydrogens (tertiary/aromatic N) is 2. The molecule has 1 aromatic rings. The quantitative estimate of drug-likeness (QED) is 0.874. The van der Waals surface area contributed by atoms with E-state index in [-0.39, 0.29) is 11.0 Å². The zero-order chi connectivity index (χ0) is 12.8. The summed E-state index contributed by atoms with van der Waals surface area (Å²) in [6, 6.07) is 0. The Morgan fingerprint density at radius 3 is 2.50 bits per heavy atom. The van der Waals surface area contributed by atoms with Gasteiger partial charge in [0.2, 0.25) is 5.89 Å². The molecule has 0 saturated heterocycles. The van der Waals surface area contributed by atoms with Crippen LogP contribution in [-0.2, 0) is 5.54 Å². The molecule has 0 aliphatic heterocycles. The van der Waals surface area contributed by atoms with Crippen molar-refractivity contribution < 1.29 is 4.52 Å². The van der Waals surface area contributed by atoms with Gasteiger partial charge < -0.3 is 10.3 Å². The maximum absolute atomic E-state index is 6.37. The van der Waals surface area contributed by atoms with Gasteiger partial charge in [0.1, 0.15) is 0 Å². The molecule has 3 rings (SSSR count). The zero-order valence-electron chi connectivity index (χ0n) is 11.4. The highest BCUT2D eigenvalue weighted by Crippen LogP contribution is 2.48. The Labute approximate surface area is 108 Å². The van der Waals surface area contributed by atoms with Crippen LogP contribution in [0.25, 0.3) is 0 Å². The van der Waals surface area contributed by atoms with Crippen LogP contribution in [0, 0.1) is 5.41 Å². The Morgan fingerprint density at radius 1 is 1.17 bits per heavy atom. The summed E-state index contributed by atoms with van der Waals surface area (Å²) in [6.45, 7) is 4.59. The summed E-state index contributed by atoms with van der Waals surface area (Å²) in [5, 5.41) is 4.17. The molecule has 18 heavy (non-hydrogen) atoms. The zero-order valence-corrected chi connectivity index (χ0v) is 11.4. The molecule has 1 heterocycles. The van der Waals surface area contributed by atoms with Crippen LogP contribution in [0.2, 0.25) is 0 Å². The van der Waals surface area contributed by atoms with Gasteiger partial charge in [-0.05, 0) is 31.1 Å². The first-order valence-electron chi connectivity index (χ1n) is 7.14. The van der Waals surface area contributed by atoms with Crippen molar-refractivity contribution in [3.05, 3.63) is 11.7 Å². The van der Waals surface area contributed by atoms with Crippen molar-refractivity contribution in [2.24, 2.45) is 11.1 Å². The van der Waals surface area contributed by atoms with Crippen LogP contribution in [-0.4, -0.2) is 10.1 Å². The van der Waals surface area contributed by atoms with Gasteiger partial charge in [-0.25, -0.2) is 0 Å². The van der Waals surface area contributed by atoms with Gasteiger partial charge in [-0.3, -0.25) is 0 Å². The fourth-order valence-corrected chi connectivity index (χ4v) is 3.59. The minimum atomic E-state index is -0.329. The Hall–Kier alpha value is -0.900. The molecule has 0 amide bonds. The standard InChI is InChI=1S/C14H23N3O/c1-13(2)7-5-6-10(13)11-16-12(17-18-11)14(15)8-3-4-9-14/h10H,3-9,15H2,1-2H3. The van der Waals surface area contributed by atoms with Gasteiger partial charge in [0, 0.05) is 5.92 Å². The summed E-state index contributed by atoms with van der Waals surface area (Å²) in [5.41, 5.74) is 6.33. The summed E-state index contributed by atoms with van der Waals surface area (Å²) in [4.78, 5) is 4.64. The van der Waals surface area contributed by atoms with E-state index in [0.29, 0.717) is 5.92 Å². The van der Waals surface area contributed by atoms with Crippen LogP contribution in [0.5, 0.6) is 0 Å². The highest BCUT2D eigenvalue weighted by Gasteiger charge is 2.41. The van der Waals surface area contributed by atoms with Gasteiger partial charge >= 0.3 is 0 Å². The van der Waals surface area contributed by atoms with Crippen LogP contribution in [0.15, 0.2) is 4.52 Å².